The summed E-state index contributed by atoms with van der Waals surface area (Å²) in [6, 6.07) is 4.21. The van der Waals surface area contributed by atoms with Crippen LogP contribution in [0.5, 0.6) is 0 Å². The molecule has 0 fully saturated rings. The summed E-state index contributed by atoms with van der Waals surface area (Å²) < 4.78 is 26.7. The Balaban J connectivity index is 2.90. The summed E-state index contributed by atoms with van der Waals surface area (Å²) in [5.74, 6) is 0. The van der Waals surface area contributed by atoms with Gasteiger partial charge < -0.3 is 5.32 Å². The van der Waals surface area contributed by atoms with E-state index in [1.165, 1.54) is 12.1 Å². The molecular formula is C12H19N3O4S. The second kappa shape index (κ2) is 7.32. The minimum Gasteiger partial charge on any atom is -0.317 e. The van der Waals surface area contributed by atoms with E-state index in [4.69, 9.17) is 0 Å². The van der Waals surface area contributed by atoms with Crippen LogP contribution in [-0.4, -0.2) is 33.0 Å². The lowest BCUT2D eigenvalue weighted by atomic mass is 10.2. The second-order valence-corrected chi connectivity index (χ2v) is 5.99. The number of nitro groups is 1. The Labute approximate surface area is 118 Å². The maximum atomic E-state index is 12.2. The number of nitro benzene ring substituents is 1. The molecule has 1 rings (SSSR count). The average molecular weight is 301 g/mol. The van der Waals surface area contributed by atoms with Crippen LogP contribution in [0.2, 0.25) is 0 Å². The van der Waals surface area contributed by atoms with Gasteiger partial charge in [0.2, 0.25) is 10.0 Å². The van der Waals surface area contributed by atoms with Gasteiger partial charge in [0.15, 0.2) is 4.90 Å². The quantitative estimate of drug-likeness (QED) is 0.426. The Morgan fingerprint density at radius 1 is 1.30 bits per heavy atom. The summed E-state index contributed by atoms with van der Waals surface area (Å²) in [6.45, 7) is 5.24. The third-order valence-corrected chi connectivity index (χ3v) is 4.38. The summed E-state index contributed by atoms with van der Waals surface area (Å²) in [5.41, 5.74) is -0.0393. The predicted molar refractivity (Wildman–Crippen MR) is 76.2 cm³/mol. The lowest BCUT2D eigenvalue weighted by Gasteiger charge is -2.09. The molecule has 0 saturated carbocycles. The molecule has 1 aromatic carbocycles. The van der Waals surface area contributed by atoms with E-state index in [0.717, 1.165) is 6.54 Å². The van der Waals surface area contributed by atoms with Gasteiger partial charge >= 0.3 is 0 Å². The fraction of sp³-hybridized carbons (Fsp3) is 0.500. The fourth-order valence-corrected chi connectivity index (χ4v) is 3.27. The van der Waals surface area contributed by atoms with Gasteiger partial charge in [-0.15, -0.1) is 0 Å². The molecular weight excluding hydrogens is 282 g/mol. The molecule has 2 N–H and O–H groups in total. The molecule has 20 heavy (non-hydrogen) atoms. The zero-order valence-electron chi connectivity index (χ0n) is 11.5. The Bertz CT molecular complexity index is 572. The van der Waals surface area contributed by atoms with Gasteiger partial charge in [-0.1, -0.05) is 19.1 Å². The maximum absolute atomic E-state index is 12.2. The first-order valence-corrected chi connectivity index (χ1v) is 7.83. The van der Waals surface area contributed by atoms with Crippen molar-refractivity contribution >= 4 is 15.7 Å². The van der Waals surface area contributed by atoms with E-state index in [0.29, 0.717) is 18.5 Å². The highest BCUT2D eigenvalue weighted by atomic mass is 32.2. The number of rotatable bonds is 8. The van der Waals surface area contributed by atoms with Crippen molar-refractivity contribution < 1.29 is 13.3 Å². The van der Waals surface area contributed by atoms with E-state index in [9.17, 15) is 18.5 Å². The molecule has 0 atom stereocenters. The van der Waals surface area contributed by atoms with E-state index in [1.54, 1.807) is 13.0 Å². The first kappa shape index (κ1) is 16.5. The van der Waals surface area contributed by atoms with Crippen molar-refractivity contribution in [2.45, 2.75) is 25.2 Å². The first-order valence-electron chi connectivity index (χ1n) is 6.34. The monoisotopic (exact) mass is 301 g/mol. The summed E-state index contributed by atoms with van der Waals surface area (Å²) in [7, 11) is -3.87. The number of hydrogen-bond acceptors (Lipinski definition) is 5. The molecule has 0 saturated heterocycles. The van der Waals surface area contributed by atoms with Crippen molar-refractivity contribution in [1.29, 1.82) is 0 Å². The van der Waals surface area contributed by atoms with Crippen LogP contribution in [0.15, 0.2) is 23.1 Å². The third kappa shape index (κ3) is 4.26. The van der Waals surface area contributed by atoms with E-state index >= 15 is 0 Å². The second-order valence-electron chi connectivity index (χ2n) is 4.29. The van der Waals surface area contributed by atoms with E-state index in [1.807, 2.05) is 6.92 Å². The molecule has 7 nitrogen and oxygen atoms in total. The molecule has 0 bridgehead atoms. The van der Waals surface area contributed by atoms with Crippen molar-refractivity contribution in [2.24, 2.45) is 0 Å². The number of benzene rings is 1. The number of sulfonamides is 1. The zero-order valence-corrected chi connectivity index (χ0v) is 12.4. The standard InChI is InChI=1S/C12H19N3O4S/c1-3-13-8-5-9-14-20(18,19)12-10(2)6-4-7-11(12)15(16)17/h4,6-7,13-14H,3,5,8-9H2,1-2H3. The highest BCUT2D eigenvalue weighted by Crippen LogP contribution is 2.26. The van der Waals surface area contributed by atoms with Crippen molar-refractivity contribution in [3.63, 3.8) is 0 Å². The highest BCUT2D eigenvalue weighted by Gasteiger charge is 2.27. The van der Waals surface area contributed by atoms with Crippen LogP contribution in [0.1, 0.15) is 18.9 Å². The van der Waals surface area contributed by atoms with Crippen molar-refractivity contribution in [3.8, 4) is 0 Å². The van der Waals surface area contributed by atoms with Crippen LogP contribution in [0.25, 0.3) is 0 Å². The Kier molecular flexibility index (Phi) is 6.05. The summed E-state index contributed by atoms with van der Waals surface area (Å²) in [6.07, 6.45) is 0.618. The van der Waals surface area contributed by atoms with Gasteiger partial charge in [-0.2, -0.15) is 0 Å². The van der Waals surface area contributed by atoms with Gasteiger partial charge in [-0.3, -0.25) is 10.1 Å². The lowest BCUT2D eigenvalue weighted by Crippen LogP contribution is -2.28. The first-order chi connectivity index (χ1) is 9.40. The molecule has 0 aliphatic rings. The number of aryl methyl sites for hydroxylation is 1. The zero-order chi connectivity index (χ0) is 15.2. The van der Waals surface area contributed by atoms with Gasteiger partial charge in [-0.25, -0.2) is 13.1 Å². The molecule has 0 aliphatic carbocycles. The van der Waals surface area contributed by atoms with Crippen molar-refractivity contribution in [1.82, 2.24) is 10.0 Å². The van der Waals surface area contributed by atoms with Crippen LogP contribution in [0, 0.1) is 17.0 Å². The molecule has 0 heterocycles. The maximum Gasteiger partial charge on any atom is 0.289 e. The molecule has 0 radical (unpaired) electrons. The largest absolute Gasteiger partial charge is 0.317 e. The van der Waals surface area contributed by atoms with E-state index in [2.05, 4.69) is 10.0 Å². The number of hydrogen-bond donors (Lipinski definition) is 2. The van der Waals surface area contributed by atoms with Crippen molar-refractivity contribution in [3.05, 3.63) is 33.9 Å². The van der Waals surface area contributed by atoms with E-state index in [-0.39, 0.29) is 11.4 Å². The SMILES string of the molecule is CCNCCCNS(=O)(=O)c1c(C)cccc1[N+](=O)[O-]. The van der Waals surface area contributed by atoms with Gasteiger partial charge in [0, 0.05) is 12.6 Å². The number of nitrogens with one attached hydrogen (secondary N) is 2. The average Bonchev–Trinajstić information content (AvgIpc) is 2.37. The van der Waals surface area contributed by atoms with Crippen LogP contribution in [-0.2, 0) is 10.0 Å². The van der Waals surface area contributed by atoms with Gasteiger partial charge in [0.1, 0.15) is 0 Å². The summed E-state index contributed by atoms with van der Waals surface area (Å²) in [5, 5.41) is 14.0. The molecule has 112 valence electrons. The topological polar surface area (TPSA) is 101 Å². The minimum absolute atomic E-state index is 0.237. The Morgan fingerprint density at radius 2 is 2.00 bits per heavy atom. The third-order valence-electron chi connectivity index (χ3n) is 2.73. The molecule has 0 aliphatic heterocycles. The molecule has 0 unspecified atom stereocenters. The summed E-state index contributed by atoms with van der Waals surface area (Å²) in [4.78, 5) is 10.0. The van der Waals surface area contributed by atoms with Crippen LogP contribution >= 0.6 is 0 Å². The van der Waals surface area contributed by atoms with Crippen LogP contribution in [0.3, 0.4) is 0 Å². The van der Waals surface area contributed by atoms with E-state index < -0.39 is 20.6 Å². The Hall–Kier alpha value is -1.51. The van der Waals surface area contributed by atoms with Gasteiger partial charge in [-0.05, 0) is 32.0 Å². The van der Waals surface area contributed by atoms with Crippen LogP contribution in [0.4, 0.5) is 5.69 Å². The normalized spacial score (nSPS) is 11.5. The van der Waals surface area contributed by atoms with Gasteiger partial charge in [0.25, 0.3) is 5.69 Å². The highest BCUT2D eigenvalue weighted by molar-refractivity contribution is 7.89. The molecule has 0 aromatic heterocycles. The smallest absolute Gasteiger partial charge is 0.289 e. The van der Waals surface area contributed by atoms with Crippen LogP contribution < -0.4 is 10.0 Å². The summed E-state index contributed by atoms with van der Waals surface area (Å²) >= 11 is 0. The lowest BCUT2D eigenvalue weighted by molar-refractivity contribution is -0.387. The predicted octanol–water partition coefficient (Wildman–Crippen LogP) is 1.18. The minimum atomic E-state index is -3.87. The Morgan fingerprint density at radius 3 is 2.60 bits per heavy atom. The van der Waals surface area contributed by atoms with Crippen molar-refractivity contribution in [2.75, 3.05) is 19.6 Å². The molecule has 1 aromatic rings. The molecule has 8 heteroatoms. The number of nitrogens with zero attached hydrogens (tertiary/aromatic N) is 1. The fourth-order valence-electron chi connectivity index (χ4n) is 1.80. The molecule has 0 spiro atoms. The van der Waals surface area contributed by atoms with Gasteiger partial charge in [0.05, 0.1) is 4.92 Å². The molecule has 0 amide bonds.